The van der Waals surface area contributed by atoms with E-state index in [1.165, 1.54) is 43.5 Å². The van der Waals surface area contributed by atoms with Crippen molar-refractivity contribution in [1.29, 1.82) is 0 Å². The summed E-state index contributed by atoms with van der Waals surface area (Å²) in [5.41, 5.74) is 0.277. The van der Waals surface area contributed by atoms with Gasteiger partial charge in [0.05, 0.1) is 11.9 Å². The summed E-state index contributed by atoms with van der Waals surface area (Å²) >= 11 is 0. The SMILES string of the molecule is CC(C(=O)NCC1CCCCC1)N(c1ccc(F)cc1)S(C)(=O)=O. The summed E-state index contributed by atoms with van der Waals surface area (Å²) in [6.45, 7) is 2.12. The number of nitrogens with one attached hydrogen (secondary N) is 1. The fourth-order valence-corrected chi connectivity index (χ4v) is 4.36. The first-order valence-corrected chi connectivity index (χ1v) is 10.2. The molecule has 2 rings (SSSR count). The molecule has 0 aliphatic heterocycles. The number of sulfonamides is 1. The number of hydrogen-bond donors (Lipinski definition) is 1. The number of anilines is 1. The standard InChI is InChI=1S/C17H25FN2O3S/c1-13(17(21)19-12-14-6-4-3-5-7-14)20(24(2,22)23)16-10-8-15(18)9-11-16/h8-11,13-14H,3-7,12H2,1-2H3,(H,19,21). The van der Waals surface area contributed by atoms with Gasteiger partial charge in [0.25, 0.3) is 0 Å². The monoisotopic (exact) mass is 356 g/mol. The van der Waals surface area contributed by atoms with Crippen LogP contribution in [0, 0.1) is 11.7 Å². The van der Waals surface area contributed by atoms with Crippen molar-refractivity contribution in [3.05, 3.63) is 30.1 Å². The van der Waals surface area contributed by atoms with E-state index in [2.05, 4.69) is 5.32 Å². The second kappa shape index (κ2) is 7.96. The predicted molar refractivity (Wildman–Crippen MR) is 92.8 cm³/mol. The Morgan fingerprint density at radius 3 is 2.38 bits per heavy atom. The Bertz CT molecular complexity index is 655. The van der Waals surface area contributed by atoms with Crippen molar-refractivity contribution in [1.82, 2.24) is 5.32 Å². The molecule has 7 heteroatoms. The second-order valence-electron chi connectivity index (χ2n) is 6.46. The lowest BCUT2D eigenvalue weighted by Gasteiger charge is -2.29. The van der Waals surface area contributed by atoms with Gasteiger partial charge in [-0.05, 0) is 49.9 Å². The van der Waals surface area contributed by atoms with Gasteiger partial charge in [-0.3, -0.25) is 9.10 Å². The highest BCUT2D eigenvalue weighted by Crippen LogP contribution is 2.24. The van der Waals surface area contributed by atoms with Crippen LogP contribution in [-0.2, 0) is 14.8 Å². The van der Waals surface area contributed by atoms with Crippen molar-refractivity contribution in [3.8, 4) is 0 Å². The van der Waals surface area contributed by atoms with E-state index in [0.29, 0.717) is 12.5 Å². The molecule has 0 heterocycles. The summed E-state index contributed by atoms with van der Waals surface area (Å²) in [6.07, 6.45) is 6.85. The number of hydrogen-bond acceptors (Lipinski definition) is 3. The highest BCUT2D eigenvalue weighted by molar-refractivity contribution is 7.92. The summed E-state index contributed by atoms with van der Waals surface area (Å²) in [5, 5.41) is 2.87. The zero-order chi connectivity index (χ0) is 17.7. The third-order valence-corrected chi connectivity index (χ3v) is 5.70. The molecule has 0 bridgehead atoms. The molecular formula is C17H25FN2O3S. The van der Waals surface area contributed by atoms with Gasteiger partial charge in [0.1, 0.15) is 11.9 Å². The van der Waals surface area contributed by atoms with E-state index in [0.717, 1.165) is 23.4 Å². The Labute approximate surface area is 143 Å². The lowest BCUT2D eigenvalue weighted by atomic mass is 9.89. The van der Waals surface area contributed by atoms with Crippen LogP contribution in [0.1, 0.15) is 39.0 Å². The van der Waals surface area contributed by atoms with Crippen molar-refractivity contribution in [2.45, 2.75) is 45.1 Å². The molecule has 1 unspecified atom stereocenters. The first-order valence-electron chi connectivity index (χ1n) is 8.31. The zero-order valence-electron chi connectivity index (χ0n) is 14.2. The second-order valence-corrected chi connectivity index (χ2v) is 8.32. The lowest BCUT2D eigenvalue weighted by Crippen LogP contribution is -2.48. The van der Waals surface area contributed by atoms with Crippen molar-refractivity contribution in [2.24, 2.45) is 5.92 Å². The Morgan fingerprint density at radius 2 is 1.83 bits per heavy atom. The van der Waals surface area contributed by atoms with Crippen LogP contribution >= 0.6 is 0 Å². The first kappa shape index (κ1) is 18.7. The fraction of sp³-hybridized carbons (Fsp3) is 0.588. The van der Waals surface area contributed by atoms with E-state index in [4.69, 9.17) is 0 Å². The van der Waals surface area contributed by atoms with Gasteiger partial charge < -0.3 is 5.32 Å². The van der Waals surface area contributed by atoms with Gasteiger partial charge in [0.2, 0.25) is 15.9 Å². The van der Waals surface area contributed by atoms with E-state index in [-0.39, 0.29) is 11.6 Å². The summed E-state index contributed by atoms with van der Waals surface area (Å²) in [7, 11) is -3.67. The van der Waals surface area contributed by atoms with Gasteiger partial charge in [-0.1, -0.05) is 19.3 Å². The minimum absolute atomic E-state index is 0.277. The number of amides is 1. The molecule has 134 valence electrons. The van der Waals surface area contributed by atoms with Crippen LogP contribution in [0.15, 0.2) is 24.3 Å². The van der Waals surface area contributed by atoms with Gasteiger partial charge in [-0.2, -0.15) is 0 Å². The van der Waals surface area contributed by atoms with E-state index in [1.54, 1.807) is 6.92 Å². The lowest BCUT2D eigenvalue weighted by molar-refractivity contribution is -0.122. The van der Waals surface area contributed by atoms with Crippen LogP contribution in [0.3, 0.4) is 0 Å². The Balaban J connectivity index is 2.08. The predicted octanol–water partition coefficient (Wildman–Crippen LogP) is 2.68. The van der Waals surface area contributed by atoms with Crippen LogP contribution in [0.5, 0.6) is 0 Å². The molecule has 1 atom stereocenters. The zero-order valence-corrected chi connectivity index (χ0v) is 15.0. The summed E-state index contributed by atoms with van der Waals surface area (Å²) in [4.78, 5) is 12.4. The van der Waals surface area contributed by atoms with E-state index < -0.39 is 21.9 Å². The Hall–Kier alpha value is -1.63. The van der Waals surface area contributed by atoms with Gasteiger partial charge in [-0.25, -0.2) is 12.8 Å². The molecule has 1 N–H and O–H groups in total. The largest absolute Gasteiger partial charge is 0.354 e. The van der Waals surface area contributed by atoms with E-state index in [1.807, 2.05) is 0 Å². The molecule has 1 fully saturated rings. The molecule has 1 aromatic carbocycles. The number of nitrogens with zero attached hydrogens (tertiary/aromatic N) is 1. The molecule has 1 aromatic rings. The maximum Gasteiger partial charge on any atom is 0.243 e. The Morgan fingerprint density at radius 1 is 1.25 bits per heavy atom. The van der Waals surface area contributed by atoms with Crippen LogP contribution in [0.4, 0.5) is 10.1 Å². The Kier molecular flexibility index (Phi) is 6.21. The van der Waals surface area contributed by atoms with Crippen molar-refractivity contribution in [3.63, 3.8) is 0 Å². The molecule has 0 aromatic heterocycles. The third kappa shape index (κ3) is 4.93. The highest BCUT2D eigenvalue weighted by Gasteiger charge is 2.29. The van der Waals surface area contributed by atoms with Gasteiger partial charge in [0, 0.05) is 6.54 Å². The van der Waals surface area contributed by atoms with E-state index in [9.17, 15) is 17.6 Å². The first-order chi connectivity index (χ1) is 11.3. The summed E-state index contributed by atoms with van der Waals surface area (Å²) in [5.74, 6) is -0.329. The molecule has 1 saturated carbocycles. The molecule has 0 saturated heterocycles. The number of halogens is 1. The number of carbonyl (C=O) groups is 1. The highest BCUT2D eigenvalue weighted by atomic mass is 32.2. The summed E-state index contributed by atoms with van der Waals surface area (Å²) in [6, 6.07) is 4.19. The average molecular weight is 356 g/mol. The average Bonchev–Trinajstić information content (AvgIpc) is 2.54. The van der Waals surface area contributed by atoms with Crippen LogP contribution in [-0.4, -0.2) is 33.2 Å². The molecule has 1 aliphatic carbocycles. The van der Waals surface area contributed by atoms with Gasteiger partial charge >= 0.3 is 0 Å². The number of rotatable bonds is 6. The minimum atomic E-state index is -3.67. The van der Waals surface area contributed by atoms with E-state index >= 15 is 0 Å². The molecule has 24 heavy (non-hydrogen) atoms. The third-order valence-electron chi connectivity index (χ3n) is 4.46. The normalized spacial score (nSPS) is 17.3. The number of carbonyl (C=O) groups excluding carboxylic acids is 1. The molecule has 0 spiro atoms. The molecule has 5 nitrogen and oxygen atoms in total. The summed E-state index contributed by atoms with van der Waals surface area (Å²) < 4.78 is 38.4. The van der Waals surface area contributed by atoms with Crippen molar-refractivity contribution < 1.29 is 17.6 Å². The minimum Gasteiger partial charge on any atom is -0.354 e. The molecule has 0 radical (unpaired) electrons. The van der Waals surface area contributed by atoms with Crippen LogP contribution in [0.2, 0.25) is 0 Å². The maximum absolute atomic E-state index is 13.1. The topological polar surface area (TPSA) is 66.5 Å². The van der Waals surface area contributed by atoms with Gasteiger partial charge in [-0.15, -0.1) is 0 Å². The number of benzene rings is 1. The molecule has 1 amide bonds. The van der Waals surface area contributed by atoms with Gasteiger partial charge in [0.15, 0.2) is 0 Å². The molecule has 1 aliphatic rings. The molecular weight excluding hydrogens is 331 g/mol. The fourth-order valence-electron chi connectivity index (χ4n) is 3.18. The van der Waals surface area contributed by atoms with Crippen molar-refractivity contribution in [2.75, 3.05) is 17.1 Å². The quantitative estimate of drug-likeness (QED) is 0.852. The van der Waals surface area contributed by atoms with Crippen molar-refractivity contribution >= 4 is 21.6 Å². The maximum atomic E-state index is 13.1. The van der Waals surface area contributed by atoms with Crippen LogP contribution in [0.25, 0.3) is 0 Å². The van der Waals surface area contributed by atoms with Crippen LogP contribution < -0.4 is 9.62 Å². The smallest absolute Gasteiger partial charge is 0.243 e.